The molecule has 1 amide bonds. The van der Waals surface area contributed by atoms with Crippen molar-refractivity contribution in [2.75, 3.05) is 26.8 Å². The zero-order valence-corrected chi connectivity index (χ0v) is 17.1. The molecule has 0 bridgehead atoms. The molecule has 0 saturated heterocycles. The minimum atomic E-state index is -3.60. The van der Waals surface area contributed by atoms with Crippen LogP contribution in [0.15, 0.2) is 40.6 Å². The van der Waals surface area contributed by atoms with Gasteiger partial charge in [-0.15, -0.1) is 11.3 Å². The Bertz CT molecular complexity index is 891. The van der Waals surface area contributed by atoms with Crippen LogP contribution in [0.4, 0.5) is 0 Å². The second kappa shape index (κ2) is 8.52. The second-order valence-electron chi connectivity index (χ2n) is 6.39. The summed E-state index contributed by atoms with van der Waals surface area (Å²) in [6, 6.07) is 8.31. The van der Waals surface area contributed by atoms with Crippen LogP contribution in [0.1, 0.15) is 40.2 Å². The zero-order valence-electron chi connectivity index (χ0n) is 15.5. The zero-order chi connectivity index (χ0) is 19.4. The van der Waals surface area contributed by atoms with Crippen LogP contribution in [-0.2, 0) is 21.2 Å². The topological polar surface area (TPSA) is 75.7 Å². The van der Waals surface area contributed by atoms with Crippen LogP contribution in [0.25, 0.3) is 0 Å². The smallest absolute Gasteiger partial charge is 0.254 e. The number of methoxy groups -OCH3 is 1. The van der Waals surface area contributed by atoms with E-state index in [1.54, 1.807) is 23.5 Å². The average Bonchev–Trinajstić information content (AvgIpc) is 3.15. The highest BCUT2D eigenvalue weighted by Crippen LogP contribution is 2.36. The molecule has 6 nitrogen and oxygen atoms in total. The molecule has 1 aromatic carbocycles. The fraction of sp³-hybridized carbons (Fsp3) is 0.421. The van der Waals surface area contributed by atoms with E-state index >= 15 is 0 Å². The van der Waals surface area contributed by atoms with Crippen molar-refractivity contribution in [3.63, 3.8) is 0 Å². The Hall–Kier alpha value is -1.74. The third-order valence-electron chi connectivity index (χ3n) is 4.75. The Morgan fingerprint density at radius 2 is 2.04 bits per heavy atom. The van der Waals surface area contributed by atoms with Gasteiger partial charge in [-0.25, -0.2) is 13.1 Å². The van der Waals surface area contributed by atoms with Gasteiger partial charge in [0.15, 0.2) is 0 Å². The maximum Gasteiger partial charge on any atom is 0.254 e. The lowest BCUT2D eigenvalue weighted by Crippen LogP contribution is -2.39. The third kappa shape index (κ3) is 4.24. The van der Waals surface area contributed by atoms with E-state index in [-0.39, 0.29) is 23.4 Å². The van der Waals surface area contributed by atoms with Gasteiger partial charge in [0.1, 0.15) is 0 Å². The number of hydrogen-bond donors (Lipinski definition) is 1. The molecule has 2 aromatic rings. The Kier molecular flexibility index (Phi) is 6.31. The molecule has 0 fully saturated rings. The van der Waals surface area contributed by atoms with Crippen molar-refractivity contribution in [1.82, 2.24) is 9.62 Å². The van der Waals surface area contributed by atoms with Crippen molar-refractivity contribution in [2.45, 2.75) is 30.7 Å². The molecule has 1 aliphatic heterocycles. The van der Waals surface area contributed by atoms with Crippen LogP contribution in [0.5, 0.6) is 0 Å². The minimum absolute atomic E-state index is 0.0602. The van der Waals surface area contributed by atoms with Crippen LogP contribution >= 0.6 is 11.3 Å². The summed E-state index contributed by atoms with van der Waals surface area (Å²) in [5.74, 6) is -0.0602. The van der Waals surface area contributed by atoms with E-state index in [9.17, 15) is 13.2 Å². The summed E-state index contributed by atoms with van der Waals surface area (Å²) in [5.41, 5.74) is 1.74. The average molecular weight is 409 g/mol. The normalized spacial score (nSPS) is 17.0. The van der Waals surface area contributed by atoms with E-state index in [1.165, 1.54) is 29.7 Å². The van der Waals surface area contributed by atoms with Crippen LogP contribution in [0, 0.1) is 0 Å². The molecule has 0 aliphatic carbocycles. The van der Waals surface area contributed by atoms with E-state index in [0.29, 0.717) is 18.7 Å². The number of fused-ring (bicyclic) bond motifs is 1. The van der Waals surface area contributed by atoms with E-state index in [4.69, 9.17) is 4.74 Å². The first-order valence-electron chi connectivity index (χ1n) is 8.94. The molecule has 1 atom stereocenters. The summed E-state index contributed by atoms with van der Waals surface area (Å²) in [7, 11) is -2.09. The Labute approximate surface area is 164 Å². The van der Waals surface area contributed by atoms with Crippen molar-refractivity contribution in [3.05, 3.63) is 51.7 Å². The molecule has 1 aromatic heterocycles. The van der Waals surface area contributed by atoms with Gasteiger partial charge in [-0.05, 0) is 54.1 Å². The van der Waals surface area contributed by atoms with Gasteiger partial charge in [0.25, 0.3) is 5.91 Å². The number of carbonyl (C=O) groups excluding carboxylic acids is 1. The lowest BCUT2D eigenvalue weighted by atomic mass is 9.97. The van der Waals surface area contributed by atoms with Crippen LogP contribution in [0.3, 0.4) is 0 Å². The van der Waals surface area contributed by atoms with E-state index in [1.807, 2.05) is 4.90 Å². The number of carbonyl (C=O) groups is 1. The molecule has 0 radical (unpaired) electrons. The number of benzene rings is 1. The van der Waals surface area contributed by atoms with Gasteiger partial charge in [-0.1, -0.05) is 6.92 Å². The predicted octanol–water partition coefficient (Wildman–Crippen LogP) is 2.82. The lowest BCUT2D eigenvalue weighted by molar-refractivity contribution is 0.0657. The van der Waals surface area contributed by atoms with Gasteiger partial charge in [0, 0.05) is 30.6 Å². The molecule has 27 heavy (non-hydrogen) atoms. The number of sulfonamides is 1. The van der Waals surface area contributed by atoms with Gasteiger partial charge < -0.3 is 9.64 Å². The van der Waals surface area contributed by atoms with Crippen molar-refractivity contribution >= 4 is 27.3 Å². The van der Waals surface area contributed by atoms with Crippen molar-refractivity contribution in [2.24, 2.45) is 0 Å². The third-order valence-corrected chi connectivity index (χ3v) is 7.23. The number of rotatable bonds is 7. The van der Waals surface area contributed by atoms with E-state index < -0.39 is 10.0 Å². The fourth-order valence-corrected chi connectivity index (χ4v) is 5.32. The molecule has 0 spiro atoms. The number of thiophene rings is 1. The molecule has 1 unspecified atom stereocenters. The van der Waals surface area contributed by atoms with E-state index in [0.717, 1.165) is 12.8 Å². The minimum Gasteiger partial charge on any atom is -0.383 e. The summed E-state index contributed by atoms with van der Waals surface area (Å²) in [4.78, 5) is 16.4. The van der Waals surface area contributed by atoms with Crippen molar-refractivity contribution in [3.8, 4) is 0 Å². The van der Waals surface area contributed by atoms with E-state index in [2.05, 4.69) is 23.1 Å². The lowest BCUT2D eigenvalue weighted by Gasteiger charge is -2.35. The molecule has 3 rings (SSSR count). The number of amides is 1. The Balaban J connectivity index is 1.76. The van der Waals surface area contributed by atoms with Crippen LogP contribution in [0.2, 0.25) is 0 Å². The highest BCUT2D eigenvalue weighted by atomic mass is 32.2. The number of hydrogen-bond acceptors (Lipinski definition) is 5. The summed E-state index contributed by atoms with van der Waals surface area (Å²) in [6.45, 7) is 3.27. The fourth-order valence-electron chi connectivity index (χ4n) is 3.38. The number of nitrogens with one attached hydrogen (secondary N) is 1. The van der Waals surface area contributed by atoms with Gasteiger partial charge in [0.05, 0.1) is 17.5 Å². The highest BCUT2D eigenvalue weighted by molar-refractivity contribution is 7.89. The predicted molar refractivity (Wildman–Crippen MR) is 106 cm³/mol. The van der Waals surface area contributed by atoms with Gasteiger partial charge >= 0.3 is 0 Å². The second-order valence-corrected chi connectivity index (χ2v) is 9.15. The Morgan fingerprint density at radius 3 is 2.70 bits per heavy atom. The molecule has 8 heteroatoms. The van der Waals surface area contributed by atoms with Crippen LogP contribution in [-0.4, -0.2) is 46.0 Å². The Morgan fingerprint density at radius 1 is 1.30 bits per heavy atom. The van der Waals surface area contributed by atoms with Gasteiger partial charge in [-0.3, -0.25) is 4.79 Å². The molecular formula is C19H24N2O4S2. The van der Waals surface area contributed by atoms with Crippen molar-refractivity contribution in [1.29, 1.82) is 0 Å². The first-order chi connectivity index (χ1) is 13.0. The monoisotopic (exact) mass is 408 g/mol. The quantitative estimate of drug-likeness (QED) is 0.715. The molecule has 146 valence electrons. The van der Waals surface area contributed by atoms with Gasteiger partial charge in [-0.2, -0.15) is 0 Å². The molecule has 1 aliphatic rings. The standard InChI is InChI=1S/C19H24N2O4S2/c1-3-17-16-9-13-26-18(16)8-11-21(17)19(22)14-4-6-15(7-5-14)27(23,24)20-10-12-25-2/h4-7,9,13,17,20H,3,8,10-12H2,1-2H3. The maximum atomic E-state index is 13.0. The summed E-state index contributed by atoms with van der Waals surface area (Å²) in [5, 5.41) is 2.08. The summed E-state index contributed by atoms with van der Waals surface area (Å²) in [6.07, 6.45) is 1.72. The summed E-state index contributed by atoms with van der Waals surface area (Å²) >= 11 is 1.75. The largest absolute Gasteiger partial charge is 0.383 e. The maximum absolute atomic E-state index is 13.0. The SMILES string of the molecule is CCC1c2ccsc2CCN1C(=O)c1ccc(S(=O)(=O)NCCOC)cc1. The molecule has 0 saturated carbocycles. The first-order valence-corrected chi connectivity index (χ1v) is 11.3. The molecule has 2 heterocycles. The number of nitrogens with zero attached hydrogens (tertiary/aromatic N) is 1. The van der Waals surface area contributed by atoms with Gasteiger partial charge in [0.2, 0.25) is 10.0 Å². The van der Waals surface area contributed by atoms with Crippen LogP contribution < -0.4 is 4.72 Å². The molecular weight excluding hydrogens is 384 g/mol. The summed E-state index contributed by atoms with van der Waals surface area (Å²) < 4.78 is 31.8. The first kappa shape index (κ1) is 20.0. The number of ether oxygens (including phenoxy) is 1. The highest BCUT2D eigenvalue weighted by Gasteiger charge is 2.31. The van der Waals surface area contributed by atoms with Crippen molar-refractivity contribution < 1.29 is 17.9 Å². The molecule has 1 N–H and O–H groups in total.